The topological polar surface area (TPSA) is 60.2 Å². The zero-order chi connectivity index (χ0) is 13.7. The Labute approximate surface area is 123 Å². The molecule has 1 aliphatic heterocycles. The van der Waals surface area contributed by atoms with Gasteiger partial charge in [-0.2, -0.15) is 23.5 Å². The average Bonchev–Trinajstić information content (AvgIpc) is 2.49. The van der Waals surface area contributed by atoms with Crippen molar-refractivity contribution in [1.29, 1.82) is 0 Å². The number of nitrogens with one attached hydrogen (secondary N) is 1. The summed E-state index contributed by atoms with van der Waals surface area (Å²) in [5.74, 6) is 8.99. The molecule has 3 atom stereocenters. The van der Waals surface area contributed by atoms with E-state index in [9.17, 15) is 0 Å². The Balaban J connectivity index is 2.27. The van der Waals surface area contributed by atoms with Crippen molar-refractivity contribution in [1.82, 2.24) is 10.4 Å². The predicted octanol–water partition coefficient (Wildman–Crippen LogP) is 2.22. The SMILES string of the molecule is CCC1SCCSC1C(NN)c1ncccc1OC. The largest absolute Gasteiger partial charge is 0.495 e. The molecule has 0 bridgehead atoms. The zero-order valence-corrected chi connectivity index (χ0v) is 13.0. The Morgan fingerprint density at radius 2 is 2.32 bits per heavy atom. The van der Waals surface area contributed by atoms with Crippen molar-refractivity contribution in [3.05, 3.63) is 24.0 Å². The molecule has 0 aliphatic carbocycles. The Hall–Kier alpha value is -0.430. The third-order valence-corrected chi connectivity index (χ3v) is 6.67. The number of pyridine rings is 1. The van der Waals surface area contributed by atoms with Gasteiger partial charge in [0.05, 0.1) is 13.2 Å². The molecule has 6 heteroatoms. The van der Waals surface area contributed by atoms with Crippen LogP contribution in [0.25, 0.3) is 0 Å². The van der Waals surface area contributed by atoms with Crippen molar-refractivity contribution in [3.8, 4) is 5.75 Å². The second-order valence-corrected chi connectivity index (χ2v) is 7.02. The molecule has 4 nitrogen and oxygen atoms in total. The van der Waals surface area contributed by atoms with Crippen LogP contribution in [0.3, 0.4) is 0 Å². The molecule has 0 saturated carbocycles. The summed E-state index contributed by atoms with van der Waals surface area (Å²) in [5, 5.41) is 1.03. The van der Waals surface area contributed by atoms with E-state index in [0.29, 0.717) is 10.5 Å². The number of nitrogens with two attached hydrogens (primary N) is 1. The standard InChI is InChI=1S/C13H21N3OS2/c1-3-10-13(19-8-7-18-10)12(16-14)11-9(17-2)5-4-6-15-11/h4-6,10,12-13,16H,3,7-8,14H2,1-2H3. The Morgan fingerprint density at radius 1 is 1.53 bits per heavy atom. The molecule has 0 aromatic carbocycles. The first-order valence-corrected chi connectivity index (χ1v) is 8.59. The first-order chi connectivity index (χ1) is 9.31. The third kappa shape index (κ3) is 3.37. The van der Waals surface area contributed by atoms with E-state index in [1.807, 2.05) is 35.7 Å². The summed E-state index contributed by atoms with van der Waals surface area (Å²) in [6.07, 6.45) is 2.94. The van der Waals surface area contributed by atoms with Crippen LogP contribution in [0.1, 0.15) is 25.1 Å². The van der Waals surface area contributed by atoms with E-state index in [-0.39, 0.29) is 6.04 Å². The smallest absolute Gasteiger partial charge is 0.142 e. The molecule has 3 unspecified atom stereocenters. The number of thioether (sulfide) groups is 2. The summed E-state index contributed by atoms with van der Waals surface area (Å²) in [6.45, 7) is 2.24. The van der Waals surface area contributed by atoms with Crippen LogP contribution in [0, 0.1) is 0 Å². The van der Waals surface area contributed by atoms with Gasteiger partial charge in [-0.25, -0.2) is 0 Å². The lowest BCUT2D eigenvalue weighted by atomic mass is 10.0. The number of ether oxygens (including phenoxy) is 1. The van der Waals surface area contributed by atoms with Gasteiger partial charge in [-0.05, 0) is 18.6 Å². The third-order valence-electron chi connectivity index (χ3n) is 3.32. The Bertz CT molecular complexity index is 405. The summed E-state index contributed by atoms with van der Waals surface area (Å²) in [4.78, 5) is 4.47. The van der Waals surface area contributed by atoms with Crippen molar-refractivity contribution in [2.75, 3.05) is 18.6 Å². The highest BCUT2D eigenvalue weighted by Gasteiger charge is 2.34. The average molecular weight is 299 g/mol. The zero-order valence-electron chi connectivity index (χ0n) is 11.3. The molecular weight excluding hydrogens is 278 g/mol. The van der Waals surface area contributed by atoms with Gasteiger partial charge in [0.15, 0.2) is 0 Å². The summed E-state index contributed by atoms with van der Waals surface area (Å²) < 4.78 is 5.41. The van der Waals surface area contributed by atoms with Crippen molar-refractivity contribution >= 4 is 23.5 Å². The number of hydrogen-bond donors (Lipinski definition) is 2. The Kier molecular flexibility index (Phi) is 5.81. The number of hydrogen-bond acceptors (Lipinski definition) is 6. The molecule has 1 saturated heterocycles. The highest BCUT2D eigenvalue weighted by atomic mass is 32.2. The van der Waals surface area contributed by atoms with E-state index in [2.05, 4.69) is 17.3 Å². The summed E-state index contributed by atoms with van der Waals surface area (Å²) in [7, 11) is 1.67. The van der Waals surface area contributed by atoms with Crippen molar-refractivity contribution in [3.63, 3.8) is 0 Å². The van der Waals surface area contributed by atoms with E-state index in [1.54, 1.807) is 13.3 Å². The van der Waals surface area contributed by atoms with Crippen LogP contribution in [-0.4, -0.2) is 34.1 Å². The second-order valence-electron chi connectivity index (χ2n) is 4.39. The van der Waals surface area contributed by atoms with E-state index in [0.717, 1.165) is 17.9 Å². The van der Waals surface area contributed by atoms with Gasteiger partial charge in [-0.1, -0.05) is 6.92 Å². The number of rotatable bonds is 5. The van der Waals surface area contributed by atoms with Gasteiger partial charge in [0, 0.05) is 28.2 Å². The number of hydrazine groups is 1. The fourth-order valence-corrected chi connectivity index (χ4v) is 5.59. The molecule has 106 valence electrons. The monoisotopic (exact) mass is 299 g/mol. The van der Waals surface area contributed by atoms with Gasteiger partial charge in [-0.15, -0.1) is 0 Å². The number of nitrogens with zero attached hydrogens (tertiary/aromatic N) is 1. The van der Waals surface area contributed by atoms with Gasteiger partial charge in [0.1, 0.15) is 11.4 Å². The fourth-order valence-electron chi connectivity index (χ4n) is 2.39. The van der Waals surface area contributed by atoms with Crippen molar-refractivity contribution in [2.24, 2.45) is 5.84 Å². The van der Waals surface area contributed by atoms with Crippen molar-refractivity contribution < 1.29 is 4.74 Å². The maximum Gasteiger partial charge on any atom is 0.142 e. The molecule has 1 aromatic rings. The number of methoxy groups -OCH3 is 1. The highest BCUT2D eigenvalue weighted by molar-refractivity contribution is 8.07. The molecule has 0 radical (unpaired) electrons. The lowest BCUT2D eigenvalue weighted by Crippen LogP contribution is -2.42. The minimum absolute atomic E-state index is 0.0268. The summed E-state index contributed by atoms with van der Waals surface area (Å²) >= 11 is 4.02. The summed E-state index contributed by atoms with van der Waals surface area (Å²) in [5.41, 5.74) is 3.86. The normalized spacial score (nSPS) is 25.0. The molecule has 1 aromatic heterocycles. The molecule has 19 heavy (non-hydrogen) atoms. The van der Waals surface area contributed by atoms with Crippen LogP contribution in [0.15, 0.2) is 18.3 Å². The lowest BCUT2D eigenvalue weighted by Gasteiger charge is -2.35. The Morgan fingerprint density at radius 3 is 3.00 bits per heavy atom. The first-order valence-electron chi connectivity index (χ1n) is 6.50. The van der Waals surface area contributed by atoms with Gasteiger partial charge in [-0.3, -0.25) is 16.3 Å². The van der Waals surface area contributed by atoms with E-state index in [4.69, 9.17) is 10.6 Å². The second kappa shape index (κ2) is 7.38. The molecule has 0 amide bonds. The highest BCUT2D eigenvalue weighted by Crippen LogP contribution is 2.41. The van der Waals surface area contributed by atoms with Crippen LogP contribution in [0.5, 0.6) is 5.75 Å². The van der Waals surface area contributed by atoms with Gasteiger partial charge >= 0.3 is 0 Å². The number of aromatic nitrogens is 1. The van der Waals surface area contributed by atoms with Crippen molar-refractivity contribution in [2.45, 2.75) is 29.9 Å². The van der Waals surface area contributed by atoms with Crippen LogP contribution in [0.2, 0.25) is 0 Å². The van der Waals surface area contributed by atoms with Crippen LogP contribution in [-0.2, 0) is 0 Å². The first kappa shape index (κ1) is 15.0. The molecule has 1 aliphatic rings. The van der Waals surface area contributed by atoms with Crippen LogP contribution >= 0.6 is 23.5 Å². The molecule has 3 N–H and O–H groups in total. The molecule has 2 rings (SSSR count). The van der Waals surface area contributed by atoms with E-state index >= 15 is 0 Å². The summed E-state index contributed by atoms with van der Waals surface area (Å²) in [6, 6.07) is 3.85. The molecular formula is C13H21N3OS2. The maximum atomic E-state index is 5.81. The molecule has 0 spiro atoms. The minimum Gasteiger partial charge on any atom is -0.495 e. The molecule has 2 heterocycles. The fraction of sp³-hybridized carbons (Fsp3) is 0.615. The predicted molar refractivity (Wildman–Crippen MR) is 83.6 cm³/mol. The van der Waals surface area contributed by atoms with Gasteiger partial charge < -0.3 is 4.74 Å². The van der Waals surface area contributed by atoms with Gasteiger partial charge in [0.2, 0.25) is 0 Å². The van der Waals surface area contributed by atoms with Gasteiger partial charge in [0.25, 0.3) is 0 Å². The van der Waals surface area contributed by atoms with E-state index < -0.39 is 0 Å². The minimum atomic E-state index is 0.0268. The lowest BCUT2D eigenvalue weighted by molar-refractivity contribution is 0.391. The van der Waals surface area contributed by atoms with Crippen LogP contribution < -0.4 is 16.0 Å². The molecule has 1 fully saturated rings. The van der Waals surface area contributed by atoms with Crippen LogP contribution in [0.4, 0.5) is 0 Å². The maximum absolute atomic E-state index is 5.81. The quantitative estimate of drug-likeness (QED) is 0.642. The van der Waals surface area contributed by atoms with E-state index in [1.165, 1.54) is 11.5 Å².